The SMILES string of the molecule is CCCc1nc2ccc(Br)cc2c(=O)n1N=Cc1ccc(O[C@@H](C)CC)c(OCC)c1. The van der Waals surface area contributed by atoms with Gasteiger partial charge in [0.05, 0.1) is 29.8 Å². The summed E-state index contributed by atoms with van der Waals surface area (Å²) in [6.45, 7) is 8.62. The van der Waals surface area contributed by atoms with Crippen molar-refractivity contribution >= 4 is 33.0 Å². The molecule has 3 aromatic rings. The summed E-state index contributed by atoms with van der Waals surface area (Å²) >= 11 is 3.43. The minimum atomic E-state index is -0.187. The zero-order chi connectivity index (χ0) is 22.4. The Kier molecular flexibility index (Phi) is 7.85. The molecule has 0 saturated heterocycles. The molecule has 1 heterocycles. The van der Waals surface area contributed by atoms with Crippen molar-refractivity contribution < 1.29 is 9.47 Å². The molecule has 0 aliphatic carbocycles. The highest BCUT2D eigenvalue weighted by atomic mass is 79.9. The first-order valence-electron chi connectivity index (χ1n) is 10.7. The van der Waals surface area contributed by atoms with Crippen molar-refractivity contribution in [3.8, 4) is 11.5 Å². The summed E-state index contributed by atoms with van der Waals surface area (Å²) in [6, 6.07) is 11.2. The molecule has 0 aliphatic rings. The largest absolute Gasteiger partial charge is 0.490 e. The van der Waals surface area contributed by atoms with Gasteiger partial charge in [-0.15, -0.1) is 0 Å². The van der Waals surface area contributed by atoms with Gasteiger partial charge < -0.3 is 9.47 Å². The lowest BCUT2D eigenvalue weighted by Gasteiger charge is -2.16. The standard InChI is InChI=1S/C24H28BrN3O3/c1-5-8-23-27-20-11-10-18(25)14-19(20)24(29)28(23)26-15-17-9-12-21(31-16(4)6-2)22(13-17)30-7-3/h9-16H,5-8H2,1-4H3/t16-/m0/s1. The van der Waals surface area contributed by atoms with Gasteiger partial charge in [-0.3, -0.25) is 4.79 Å². The molecule has 0 N–H and O–H groups in total. The third kappa shape index (κ3) is 5.53. The van der Waals surface area contributed by atoms with Crippen LogP contribution in [0.2, 0.25) is 0 Å². The smallest absolute Gasteiger partial charge is 0.282 e. The normalized spacial score (nSPS) is 12.4. The van der Waals surface area contributed by atoms with E-state index in [1.165, 1.54) is 4.68 Å². The first-order chi connectivity index (χ1) is 15.0. The van der Waals surface area contributed by atoms with Crippen LogP contribution in [0.5, 0.6) is 11.5 Å². The minimum Gasteiger partial charge on any atom is -0.490 e. The number of halogens is 1. The molecule has 0 radical (unpaired) electrons. The number of nitrogens with zero attached hydrogens (tertiary/aromatic N) is 3. The van der Waals surface area contributed by atoms with Crippen LogP contribution in [0.15, 0.2) is 50.8 Å². The lowest BCUT2D eigenvalue weighted by molar-refractivity contribution is 0.203. The maximum atomic E-state index is 13.1. The predicted octanol–water partition coefficient (Wildman–Crippen LogP) is 5.57. The van der Waals surface area contributed by atoms with Crippen LogP contribution in [-0.2, 0) is 6.42 Å². The second-order valence-electron chi connectivity index (χ2n) is 7.28. The number of rotatable bonds is 9. The predicted molar refractivity (Wildman–Crippen MR) is 129 cm³/mol. The second kappa shape index (κ2) is 10.6. The number of hydrogen-bond acceptors (Lipinski definition) is 5. The molecule has 0 aliphatic heterocycles. The minimum absolute atomic E-state index is 0.0944. The Morgan fingerprint density at radius 2 is 1.97 bits per heavy atom. The molecule has 7 heteroatoms. The fraction of sp³-hybridized carbons (Fsp3) is 0.375. The van der Waals surface area contributed by atoms with E-state index < -0.39 is 0 Å². The molecule has 0 unspecified atom stereocenters. The molecule has 31 heavy (non-hydrogen) atoms. The molecule has 0 fully saturated rings. The lowest BCUT2D eigenvalue weighted by Crippen LogP contribution is -2.22. The summed E-state index contributed by atoms with van der Waals surface area (Å²) in [5.41, 5.74) is 1.30. The Bertz CT molecular complexity index is 1140. The Morgan fingerprint density at radius 1 is 1.16 bits per heavy atom. The zero-order valence-electron chi connectivity index (χ0n) is 18.4. The second-order valence-corrected chi connectivity index (χ2v) is 8.19. The highest BCUT2D eigenvalue weighted by molar-refractivity contribution is 9.10. The maximum absolute atomic E-state index is 13.1. The molecule has 1 atom stereocenters. The van der Waals surface area contributed by atoms with Crippen LogP contribution >= 0.6 is 15.9 Å². The summed E-state index contributed by atoms with van der Waals surface area (Å²) in [4.78, 5) is 17.8. The van der Waals surface area contributed by atoms with Crippen molar-refractivity contribution in [1.82, 2.24) is 9.66 Å². The summed E-state index contributed by atoms with van der Waals surface area (Å²) in [7, 11) is 0. The molecule has 0 amide bonds. The Balaban J connectivity index is 2.02. The highest BCUT2D eigenvalue weighted by Crippen LogP contribution is 2.29. The van der Waals surface area contributed by atoms with Gasteiger partial charge in [0.25, 0.3) is 5.56 Å². The van der Waals surface area contributed by atoms with E-state index in [4.69, 9.17) is 9.47 Å². The van der Waals surface area contributed by atoms with Gasteiger partial charge in [0.1, 0.15) is 5.82 Å². The maximum Gasteiger partial charge on any atom is 0.282 e. The molecule has 6 nitrogen and oxygen atoms in total. The van der Waals surface area contributed by atoms with E-state index in [0.29, 0.717) is 41.3 Å². The van der Waals surface area contributed by atoms with Gasteiger partial charge in [-0.05, 0) is 68.7 Å². The molecule has 1 aromatic heterocycles. The topological polar surface area (TPSA) is 65.7 Å². The Morgan fingerprint density at radius 3 is 2.68 bits per heavy atom. The number of aromatic nitrogens is 2. The first kappa shape index (κ1) is 23.0. The van der Waals surface area contributed by atoms with Gasteiger partial charge in [-0.2, -0.15) is 9.78 Å². The van der Waals surface area contributed by atoms with Crippen LogP contribution in [0, 0.1) is 0 Å². The summed E-state index contributed by atoms with van der Waals surface area (Å²) in [5.74, 6) is 2.00. The summed E-state index contributed by atoms with van der Waals surface area (Å²) in [5, 5.41) is 5.01. The van der Waals surface area contributed by atoms with Crippen LogP contribution in [0.3, 0.4) is 0 Å². The number of hydrogen-bond donors (Lipinski definition) is 0. The quantitative estimate of drug-likeness (QED) is 0.371. The van der Waals surface area contributed by atoms with Crippen LogP contribution in [0.1, 0.15) is 51.9 Å². The Labute approximate surface area is 191 Å². The van der Waals surface area contributed by atoms with E-state index >= 15 is 0 Å². The van der Waals surface area contributed by atoms with Gasteiger partial charge in [0.2, 0.25) is 0 Å². The van der Waals surface area contributed by atoms with Gasteiger partial charge in [0, 0.05) is 10.9 Å². The summed E-state index contributed by atoms with van der Waals surface area (Å²) < 4.78 is 13.9. The molecule has 0 spiro atoms. The van der Waals surface area contributed by atoms with E-state index in [1.807, 2.05) is 44.2 Å². The van der Waals surface area contributed by atoms with Crippen molar-refractivity contribution in [2.75, 3.05) is 6.61 Å². The van der Waals surface area contributed by atoms with Crippen molar-refractivity contribution in [1.29, 1.82) is 0 Å². The third-order valence-electron chi connectivity index (χ3n) is 4.84. The first-order valence-corrected chi connectivity index (χ1v) is 11.4. The Hall–Kier alpha value is -2.67. The third-order valence-corrected chi connectivity index (χ3v) is 5.34. The van der Waals surface area contributed by atoms with E-state index in [-0.39, 0.29) is 11.7 Å². The lowest BCUT2D eigenvalue weighted by atomic mass is 10.2. The molecule has 2 aromatic carbocycles. The summed E-state index contributed by atoms with van der Waals surface area (Å²) in [6.07, 6.45) is 4.17. The molecule has 3 rings (SSSR count). The molecule has 0 bridgehead atoms. The fourth-order valence-electron chi connectivity index (χ4n) is 3.09. The fourth-order valence-corrected chi connectivity index (χ4v) is 3.46. The average molecular weight is 486 g/mol. The molecular weight excluding hydrogens is 458 g/mol. The highest BCUT2D eigenvalue weighted by Gasteiger charge is 2.12. The van der Waals surface area contributed by atoms with Crippen LogP contribution < -0.4 is 15.0 Å². The van der Waals surface area contributed by atoms with Crippen molar-refractivity contribution in [2.24, 2.45) is 5.10 Å². The van der Waals surface area contributed by atoms with Crippen molar-refractivity contribution in [3.05, 3.63) is 62.6 Å². The van der Waals surface area contributed by atoms with Crippen molar-refractivity contribution in [3.63, 3.8) is 0 Å². The van der Waals surface area contributed by atoms with Crippen LogP contribution in [-0.4, -0.2) is 28.6 Å². The van der Waals surface area contributed by atoms with Crippen molar-refractivity contribution in [2.45, 2.75) is 53.1 Å². The number of benzene rings is 2. The number of ether oxygens (including phenoxy) is 2. The monoisotopic (exact) mass is 485 g/mol. The van der Waals surface area contributed by atoms with Crippen LogP contribution in [0.25, 0.3) is 10.9 Å². The molecule has 0 saturated carbocycles. The van der Waals surface area contributed by atoms with Crippen LogP contribution in [0.4, 0.5) is 0 Å². The van der Waals surface area contributed by atoms with Gasteiger partial charge in [-0.25, -0.2) is 4.98 Å². The molecule has 164 valence electrons. The van der Waals surface area contributed by atoms with E-state index in [9.17, 15) is 4.79 Å². The number of fused-ring (bicyclic) bond motifs is 1. The van der Waals surface area contributed by atoms with E-state index in [1.54, 1.807) is 12.3 Å². The molecular formula is C24H28BrN3O3. The van der Waals surface area contributed by atoms with E-state index in [2.05, 4.69) is 39.9 Å². The zero-order valence-corrected chi connectivity index (χ0v) is 20.0. The number of aryl methyl sites for hydroxylation is 1. The van der Waals surface area contributed by atoms with Gasteiger partial charge >= 0.3 is 0 Å². The van der Waals surface area contributed by atoms with E-state index in [0.717, 1.165) is 22.9 Å². The average Bonchev–Trinajstić information content (AvgIpc) is 2.76. The van der Waals surface area contributed by atoms with Gasteiger partial charge in [0.15, 0.2) is 11.5 Å². The van der Waals surface area contributed by atoms with Gasteiger partial charge in [-0.1, -0.05) is 29.8 Å².